The Morgan fingerprint density at radius 3 is 3.05 bits per heavy atom. The van der Waals surface area contributed by atoms with Gasteiger partial charge in [0.1, 0.15) is 6.10 Å². The number of hydrogen-bond donors (Lipinski definition) is 1. The zero-order valence-corrected chi connectivity index (χ0v) is 12.5. The molecule has 0 saturated carbocycles. The van der Waals surface area contributed by atoms with Gasteiger partial charge in [0.2, 0.25) is 5.91 Å². The maximum atomic E-state index is 12.3. The van der Waals surface area contributed by atoms with Crippen molar-refractivity contribution in [1.29, 1.82) is 0 Å². The molecule has 1 saturated heterocycles. The van der Waals surface area contributed by atoms with Crippen molar-refractivity contribution in [3.63, 3.8) is 0 Å². The monoisotopic (exact) mass is 277 g/mol. The van der Waals surface area contributed by atoms with E-state index in [1.54, 1.807) is 0 Å². The van der Waals surface area contributed by atoms with Crippen LogP contribution in [0.1, 0.15) is 50.4 Å². The molecule has 1 aliphatic carbocycles. The van der Waals surface area contributed by atoms with Gasteiger partial charge in [0, 0.05) is 24.9 Å². The van der Waals surface area contributed by atoms with Gasteiger partial charge in [0.25, 0.3) is 0 Å². The molecule has 0 radical (unpaired) electrons. The Labute approximate surface area is 119 Å². The zero-order valence-electron chi connectivity index (χ0n) is 12.5. The number of hydrogen-bond acceptors (Lipinski definition) is 3. The average molecular weight is 277 g/mol. The molecule has 1 aromatic heterocycles. The molecule has 1 aliphatic heterocycles. The standard InChI is InChI=1S/C15H23N3O2/c1-15(2)7-11(10-9-16-18(3)12(10)8-15)17-14(19)13-5-4-6-20-13/h9,11,13H,4-8H2,1-3H3,(H,17,19). The third-order valence-electron chi connectivity index (χ3n) is 4.41. The number of aryl methyl sites for hydroxylation is 1. The summed E-state index contributed by atoms with van der Waals surface area (Å²) in [6.07, 6.45) is 5.40. The van der Waals surface area contributed by atoms with Gasteiger partial charge in [-0.2, -0.15) is 5.10 Å². The van der Waals surface area contributed by atoms with Crippen LogP contribution in [0.15, 0.2) is 6.20 Å². The van der Waals surface area contributed by atoms with Crippen LogP contribution in [0.3, 0.4) is 0 Å². The highest BCUT2D eigenvalue weighted by Gasteiger charge is 2.36. The summed E-state index contributed by atoms with van der Waals surface area (Å²) in [5, 5.41) is 7.52. The zero-order chi connectivity index (χ0) is 14.3. The number of aromatic nitrogens is 2. The Bertz CT molecular complexity index is 515. The summed E-state index contributed by atoms with van der Waals surface area (Å²) in [5.41, 5.74) is 2.58. The minimum Gasteiger partial charge on any atom is -0.368 e. The van der Waals surface area contributed by atoms with E-state index in [1.165, 1.54) is 5.69 Å². The van der Waals surface area contributed by atoms with Crippen molar-refractivity contribution in [1.82, 2.24) is 15.1 Å². The topological polar surface area (TPSA) is 56.2 Å². The maximum absolute atomic E-state index is 12.3. The third kappa shape index (κ3) is 2.46. The summed E-state index contributed by atoms with van der Waals surface area (Å²) in [7, 11) is 1.97. The first-order valence-corrected chi connectivity index (χ1v) is 7.39. The van der Waals surface area contributed by atoms with Gasteiger partial charge in [-0.15, -0.1) is 0 Å². The van der Waals surface area contributed by atoms with Gasteiger partial charge in [0.05, 0.1) is 12.2 Å². The lowest BCUT2D eigenvalue weighted by molar-refractivity contribution is -0.131. The second kappa shape index (κ2) is 4.88. The number of rotatable bonds is 2. The van der Waals surface area contributed by atoms with Crippen LogP contribution >= 0.6 is 0 Å². The van der Waals surface area contributed by atoms with Crippen LogP contribution in [0.4, 0.5) is 0 Å². The van der Waals surface area contributed by atoms with Crippen LogP contribution in [0.2, 0.25) is 0 Å². The third-order valence-corrected chi connectivity index (χ3v) is 4.41. The Morgan fingerprint density at radius 1 is 1.55 bits per heavy atom. The van der Waals surface area contributed by atoms with Gasteiger partial charge in [-0.3, -0.25) is 9.48 Å². The molecule has 0 spiro atoms. The molecule has 5 heteroatoms. The number of fused-ring (bicyclic) bond motifs is 1. The summed E-state index contributed by atoms with van der Waals surface area (Å²) >= 11 is 0. The lowest BCUT2D eigenvalue weighted by Gasteiger charge is -2.36. The molecule has 0 aromatic carbocycles. The van der Waals surface area contributed by atoms with Crippen molar-refractivity contribution in [3.8, 4) is 0 Å². The van der Waals surface area contributed by atoms with Crippen LogP contribution in [-0.4, -0.2) is 28.4 Å². The van der Waals surface area contributed by atoms with Crippen molar-refractivity contribution in [2.45, 2.75) is 51.7 Å². The number of carbonyl (C=O) groups is 1. The molecule has 5 nitrogen and oxygen atoms in total. The van der Waals surface area contributed by atoms with Gasteiger partial charge in [-0.25, -0.2) is 0 Å². The second-order valence-corrected chi connectivity index (χ2v) is 6.78. The molecule has 1 N–H and O–H groups in total. The first-order valence-electron chi connectivity index (χ1n) is 7.39. The van der Waals surface area contributed by atoms with Gasteiger partial charge >= 0.3 is 0 Å². The smallest absolute Gasteiger partial charge is 0.249 e. The maximum Gasteiger partial charge on any atom is 0.249 e. The normalized spacial score (nSPS) is 28.1. The number of ether oxygens (including phenoxy) is 1. The molecule has 1 amide bonds. The quantitative estimate of drug-likeness (QED) is 0.895. The number of nitrogens with zero attached hydrogens (tertiary/aromatic N) is 2. The SMILES string of the molecule is Cn1ncc2c1CC(C)(C)CC2NC(=O)C1CCCO1. The van der Waals surface area contributed by atoms with Gasteiger partial charge in [-0.1, -0.05) is 13.8 Å². The summed E-state index contributed by atoms with van der Waals surface area (Å²) < 4.78 is 7.40. The van der Waals surface area contributed by atoms with Crippen molar-refractivity contribution in [2.24, 2.45) is 12.5 Å². The molecule has 2 heterocycles. The molecule has 3 rings (SSSR count). The summed E-state index contributed by atoms with van der Waals surface area (Å²) in [6, 6.07) is 0.0548. The van der Waals surface area contributed by atoms with Crippen molar-refractivity contribution < 1.29 is 9.53 Å². The number of carbonyl (C=O) groups excluding carboxylic acids is 1. The summed E-state index contributed by atoms with van der Waals surface area (Å²) in [5.74, 6) is 0.0278. The molecule has 0 bridgehead atoms. The predicted octanol–water partition coefficient (Wildman–Crippen LogP) is 1.73. The fourth-order valence-corrected chi connectivity index (χ4v) is 3.35. The van der Waals surface area contributed by atoms with E-state index in [2.05, 4.69) is 24.3 Å². The molecule has 1 fully saturated rings. The Kier molecular flexibility index (Phi) is 3.32. The number of nitrogens with one attached hydrogen (secondary N) is 1. The van der Waals surface area contributed by atoms with Crippen molar-refractivity contribution >= 4 is 5.91 Å². The minimum atomic E-state index is -0.264. The predicted molar refractivity (Wildman–Crippen MR) is 75.2 cm³/mol. The first-order chi connectivity index (χ1) is 9.46. The molecule has 2 unspecified atom stereocenters. The summed E-state index contributed by atoms with van der Waals surface area (Å²) in [4.78, 5) is 12.3. The highest BCUT2D eigenvalue weighted by molar-refractivity contribution is 5.81. The van der Waals surface area contributed by atoms with E-state index in [-0.39, 0.29) is 23.5 Å². The molecule has 1 aromatic rings. The van der Waals surface area contributed by atoms with E-state index >= 15 is 0 Å². The fourth-order valence-electron chi connectivity index (χ4n) is 3.35. The fraction of sp³-hybridized carbons (Fsp3) is 0.733. The van der Waals surface area contributed by atoms with Crippen molar-refractivity contribution in [2.75, 3.05) is 6.61 Å². The molecular weight excluding hydrogens is 254 g/mol. The van der Waals surface area contributed by atoms with E-state index in [0.717, 1.165) is 31.2 Å². The average Bonchev–Trinajstić information content (AvgIpc) is 2.99. The van der Waals surface area contributed by atoms with Crippen LogP contribution < -0.4 is 5.32 Å². The van der Waals surface area contributed by atoms with E-state index in [9.17, 15) is 4.79 Å². The van der Waals surface area contributed by atoms with Gasteiger partial charge < -0.3 is 10.1 Å². The molecular formula is C15H23N3O2. The van der Waals surface area contributed by atoms with E-state index in [0.29, 0.717) is 6.61 Å². The van der Waals surface area contributed by atoms with Crippen molar-refractivity contribution in [3.05, 3.63) is 17.5 Å². The van der Waals surface area contributed by atoms with Crippen LogP contribution in [0.5, 0.6) is 0 Å². The lowest BCUT2D eigenvalue weighted by atomic mass is 9.74. The molecule has 110 valence electrons. The van der Waals surface area contributed by atoms with Gasteiger partial charge in [-0.05, 0) is 31.1 Å². The van der Waals surface area contributed by atoms with Crippen LogP contribution in [0, 0.1) is 5.41 Å². The van der Waals surface area contributed by atoms with Gasteiger partial charge in [0.15, 0.2) is 0 Å². The Hall–Kier alpha value is -1.36. The first kappa shape index (κ1) is 13.6. The highest BCUT2D eigenvalue weighted by atomic mass is 16.5. The summed E-state index contributed by atoms with van der Waals surface area (Å²) in [6.45, 7) is 5.19. The minimum absolute atomic E-state index is 0.0278. The Balaban J connectivity index is 1.80. The van der Waals surface area contributed by atoms with E-state index in [4.69, 9.17) is 4.74 Å². The number of amides is 1. The highest BCUT2D eigenvalue weighted by Crippen LogP contribution is 2.40. The molecule has 2 aliphatic rings. The molecule has 20 heavy (non-hydrogen) atoms. The van der Waals surface area contributed by atoms with Crippen LogP contribution in [-0.2, 0) is 23.0 Å². The van der Waals surface area contributed by atoms with Crippen LogP contribution in [0.25, 0.3) is 0 Å². The lowest BCUT2D eigenvalue weighted by Crippen LogP contribution is -2.41. The molecule has 2 atom stereocenters. The van der Waals surface area contributed by atoms with E-state index in [1.807, 2.05) is 17.9 Å². The van der Waals surface area contributed by atoms with E-state index < -0.39 is 0 Å². The largest absolute Gasteiger partial charge is 0.368 e. The second-order valence-electron chi connectivity index (χ2n) is 6.78. The Morgan fingerprint density at radius 2 is 2.35 bits per heavy atom.